The number of hydrogen-bond acceptors (Lipinski definition) is 4. The highest BCUT2D eigenvalue weighted by atomic mass is 16.5. The lowest BCUT2D eigenvalue weighted by atomic mass is 9.93. The minimum atomic E-state index is -0.157. The quantitative estimate of drug-likeness (QED) is 0.743. The third-order valence-corrected chi connectivity index (χ3v) is 4.61. The Labute approximate surface area is 113 Å². The van der Waals surface area contributed by atoms with Gasteiger partial charge in [-0.3, -0.25) is 9.59 Å². The standard InChI is InChI=1S/C14H22N2O3/c17-13-4-2-1-3-11-10(13)9-12(15-11)14(18)16-5-7-19-8-6-16/h10-12,15H,1-9H2/t10-,11-,12-/m0/s1. The number of fused-ring (bicyclic) bond motifs is 1. The van der Waals surface area contributed by atoms with Crippen molar-refractivity contribution in [3.63, 3.8) is 0 Å². The van der Waals surface area contributed by atoms with Gasteiger partial charge in [-0.25, -0.2) is 0 Å². The minimum Gasteiger partial charge on any atom is -0.378 e. The number of morpholine rings is 1. The number of ether oxygens (including phenoxy) is 1. The van der Waals surface area contributed by atoms with Crippen LogP contribution in [0.25, 0.3) is 0 Å². The van der Waals surface area contributed by atoms with Gasteiger partial charge in [0.05, 0.1) is 19.3 Å². The zero-order valence-corrected chi connectivity index (χ0v) is 11.3. The molecular weight excluding hydrogens is 244 g/mol. The van der Waals surface area contributed by atoms with Gasteiger partial charge < -0.3 is 15.0 Å². The fourth-order valence-corrected chi connectivity index (χ4v) is 3.53. The Bertz CT molecular complexity index is 366. The van der Waals surface area contributed by atoms with Crippen LogP contribution in [0.5, 0.6) is 0 Å². The summed E-state index contributed by atoms with van der Waals surface area (Å²) in [7, 11) is 0. The van der Waals surface area contributed by atoms with Crippen molar-refractivity contribution in [2.24, 2.45) is 5.92 Å². The summed E-state index contributed by atoms with van der Waals surface area (Å²) in [5.41, 5.74) is 0. The first-order chi connectivity index (χ1) is 9.25. The van der Waals surface area contributed by atoms with E-state index in [9.17, 15) is 9.59 Å². The van der Waals surface area contributed by atoms with Gasteiger partial charge in [0.1, 0.15) is 5.78 Å². The Morgan fingerprint density at radius 3 is 2.84 bits per heavy atom. The lowest BCUT2D eigenvalue weighted by Crippen LogP contribution is -2.49. The molecule has 1 aliphatic carbocycles. The number of hydrogen-bond donors (Lipinski definition) is 1. The van der Waals surface area contributed by atoms with Crippen molar-refractivity contribution in [2.45, 2.75) is 44.2 Å². The van der Waals surface area contributed by atoms with Crippen molar-refractivity contribution in [3.05, 3.63) is 0 Å². The normalized spacial score (nSPS) is 35.9. The van der Waals surface area contributed by atoms with Crippen LogP contribution in [-0.2, 0) is 14.3 Å². The summed E-state index contributed by atoms with van der Waals surface area (Å²) in [5, 5.41) is 3.41. The lowest BCUT2D eigenvalue weighted by molar-refractivity contribution is -0.137. The van der Waals surface area contributed by atoms with E-state index in [-0.39, 0.29) is 23.9 Å². The second kappa shape index (κ2) is 5.59. The fourth-order valence-electron chi connectivity index (χ4n) is 3.53. The molecule has 0 aromatic carbocycles. The summed E-state index contributed by atoms with van der Waals surface area (Å²) in [4.78, 5) is 26.4. The highest BCUT2D eigenvalue weighted by Gasteiger charge is 2.42. The average molecular weight is 266 g/mol. The van der Waals surface area contributed by atoms with Gasteiger partial charge in [0.15, 0.2) is 0 Å². The van der Waals surface area contributed by atoms with Crippen LogP contribution in [0.2, 0.25) is 0 Å². The molecule has 2 heterocycles. The molecule has 0 aromatic heterocycles. The summed E-state index contributed by atoms with van der Waals surface area (Å²) < 4.78 is 5.27. The van der Waals surface area contributed by atoms with Crippen LogP contribution >= 0.6 is 0 Å². The number of ketones is 1. The Morgan fingerprint density at radius 1 is 1.26 bits per heavy atom. The molecule has 0 bridgehead atoms. The SMILES string of the molecule is O=C1CCCC[C@@H]2N[C@H](C(=O)N3CCOCC3)C[C@H]12. The molecule has 5 nitrogen and oxygen atoms in total. The number of nitrogens with one attached hydrogen (secondary N) is 1. The van der Waals surface area contributed by atoms with E-state index in [1.54, 1.807) is 0 Å². The van der Waals surface area contributed by atoms with Gasteiger partial charge in [-0.05, 0) is 19.3 Å². The van der Waals surface area contributed by atoms with E-state index < -0.39 is 0 Å². The van der Waals surface area contributed by atoms with Crippen molar-refractivity contribution < 1.29 is 14.3 Å². The molecule has 106 valence electrons. The molecule has 3 rings (SSSR count). The zero-order valence-electron chi connectivity index (χ0n) is 11.3. The van der Waals surface area contributed by atoms with Gasteiger partial charge in [-0.15, -0.1) is 0 Å². The Hall–Kier alpha value is -0.940. The maximum Gasteiger partial charge on any atom is 0.239 e. The van der Waals surface area contributed by atoms with Crippen molar-refractivity contribution >= 4 is 11.7 Å². The second-order valence-electron chi connectivity index (χ2n) is 5.82. The molecule has 0 unspecified atom stereocenters. The Kier molecular flexibility index (Phi) is 3.84. The maximum absolute atomic E-state index is 12.4. The van der Waals surface area contributed by atoms with Gasteiger partial charge >= 0.3 is 0 Å². The number of amides is 1. The molecule has 1 amide bonds. The molecule has 5 heteroatoms. The first kappa shape index (κ1) is 13.1. The average Bonchev–Trinajstić information content (AvgIpc) is 2.80. The molecule has 3 aliphatic rings. The van der Waals surface area contributed by atoms with Crippen molar-refractivity contribution in [2.75, 3.05) is 26.3 Å². The summed E-state index contributed by atoms with van der Waals surface area (Å²) in [5.74, 6) is 0.578. The third-order valence-electron chi connectivity index (χ3n) is 4.61. The molecule has 2 saturated heterocycles. The van der Waals surface area contributed by atoms with Gasteiger partial charge in [0, 0.05) is 31.5 Å². The first-order valence-corrected chi connectivity index (χ1v) is 7.41. The van der Waals surface area contributed by atoms with E-state index in [2.05, 4.69) is 5.32 Å². The smallest absolute Gasteiger partial charge is 0.239 e. The number of carbonyl (C=O) groups excluding carboxylic acids is 2. The van der Waals surface area contributed by atoms with Gasteiger partial charge in [0.2, 0.25) is 5.91 Å². The molecule has 0 radical (unpaired) electrons. The van der Waals surface area contributed by atoms with E-state index in [1.807, 2.05) is 4.90 Å². The highest BCUT2D eigenvalue weighted by molar-refractivity contribution is 5.87. The summed E-state index contributed by atoms with van der Waals surface area (Å²) in [6.07, 6.45) is 4.53. The molecule has 0 aromatic rings. The van der Waals surface area contributed by atoms with Crippen molar-refractivity contribution in [1.82, 2.24) is 10.2 Å². The van der Waals surface area contributed by atoms with Crippen molar-refractivity contribution in [1.29, 1.82) is 0 Å². The second-order valence-corrected chi connectivity index (χ2v) is 5.82. The third kappa shape index (κ3) is 2.67. The predicted molar refractivity (Wildman–Crippen MR) is 69.7 cm³/mol. The molecule has 1 saturated carbocycles. The highest BCUT2D eigenvalue weighted by Crippen LogP contribution is 2.30. The molecule has 1 N–H and O–H groups in total. The first-order valence-electron chi connectivity index (χ1n) is 7.41. The van der Waals surface area contributed by atoms with E-state index in [0.29, 0.717) is 44.9 Å². The minimum absolute atomic E-state index is 0.0671. The van der Waals surface area contributed by atoms with E-state index in [1.165, 1.54) is 0 Å². The summed E-state index contributed by atoms with van der Waals surface area (Å²) in [6.45, 7) is 2.62. The summed E-state index contributed by atoms with van der Waals surface area (Å²) >= 11 is 0. The number of nitrogens with zero attached hydrogens (tertiary/aromatic N) is 1. The molecular formula is C14H22N2O3. The molecule has 3 atom stereocenters. The van der Waals surface area contributed by atoms with Crippen LogP contribution in [0.1, 0.15) is 32.1 Å². The molecule has 0 spiro atoms. The zero-order chi connectivity index (χ0) is 13.2. The van der Waals surface area contributed by atoms with E-state index >= 15 is 0 Å². The predicted octanol–water partition coefficient (Wildman–Crippen LogP) is 0.335. The number of Topliss-reactive ketones (excluding diaryl/α,β-unsaturated/α-hetero) is 1. The van der Waals surface area contributed by atoms with Crippen LogP contribution in [0.4, 0.5) is 0 Å². The van der Waals surface area contributed by atoms with Gasteiger partial charge in [-0.2, -0.15) is 0 Å². The van der Waals surface area contributed by atoms with Crippen LogP contribution in [0.15, 0.2) is 0 Å². The topological polar surface area (TPSA) is 58.6 Å². The van der Waals surface area contributed by atoms with Crippen LogP contribution < -0.4 is 5.32 Å². The monoisotopic (exact) mass is 266 g/mol. The Morgan fingerprint density at radius 2 is 2.05 bits per heavy atom. The van der Waals surface area contributed by atoms with Crippen LogP contribution in [0.3, 0.4) is 0 Å². The molecule has 19 heavy (non-hydrogen) atoms. The summed E-state index contributed by atoms with van der Waals surface area (Å²) in [6, 6.07) is 0.0696. The van der Waals surface area contributed by atoms with Crippen molar-refractivity contribution in [3.8, 4) is 0 Å². The van der Waals surface area contributed by atoms with E-state index in [0.717, 1.165) is 19.3 Å². The molecule has 3 fully saturated rings. The maximum atomic E-state index is 12.4. The number of carbonyl (C=O) groups is 2. The number of rotatable bonds is 1. The van der Waals surface area contributed by atoms with Crippen LogP contribution in [0, 0.1) is 5.92 Å². The lowest BCUT2D eigenvalue weighted by Gasteiger charge is -2.29. The van der Waals surface area contributed by atoms with Crippen LogP contribution in [-0.4, -0.2) is 55.0 Å². The Balaban J connectivity index is 1.64. The molecule has 2 aliphatic heterocycles. The largest absolute Gasteiger partial charge is 0.378 e. The fraction of sp³-hybridized carbons (Fsp3) is 0.857. The van der Waals surface area contributed by atoms with Gasteiger partial charge in [0.25, 0.3) is 0 Å². The van der Waals surface area contributed by atoms with E-state index in [4.69, 9.17) is 4.74 Å². The van der Waals surface area contributed by atoms with Gasteiger partial charge in [-0.1, -0.05) is 6.42 Å².